The van der Waals surface area contributed by atoms with Crippen LogP contribution in [-0.4, -0.2) is 12.1 Å². The normalized spacial score (nSPS) is 11.8. The number of hydrogen-bond acceptors (Lipinski definition) is 3. The molecule has 3 N–H and O–H groups in total. The summed E-state index contributed by atoms with van der Waals surface area (Å²) >= 11 is 5.13. The molecule has 0 aromatic heterocycles. The number of para-hydroxylation sites is 1. The van der Waals surface area contributed by atoms with Crippen LogP contribution in [0.4, 0.5) is 5.69 Å². The Balaban J connectivity index is 2.26. The van der Waals surface area contributed by atoms with Crippen molar-refractivity contribution in [3.8, 4) is 5.75 Å². The maximum atomic E-state index is 5.81. The smallest absolute Gasteiger partial charge is 0.118 e. The zero-order valence-corrected chi connectivity index (χ0v) is 13.3. The van der Waals surface area contributed by atoms with E-state index in [1.54, 1.807) is 7.11 Å². The Labute approximate surface area is 131 Å². The van der Waals surface area contributed by atoms with Gasteiger partial charge in [0.15, 0.2) is 0 Å². The molecule has 110 valence electrons. The number of nitrogens with one attached hydrogen (secondary N) is 1. The van der Waals surface area contributed by atoms with Crippen LogP contribution in [0.15, 0.2) is 42.5 Å². The van der Waals surface area contributed by atoms with Gasteiger partial charge in [-0.05, 0) is 43.2 Å². The van der Waals surface area contributed by atoms with E-state index in [0.29, 0.717) is 4.99 Å². The van der Waals surface area contributed by atoms with Gasteiger partial charge in [0.2, 0.25) is 0 Å². The van der Waals surface area contributed by atoms with Crippen LogP contribution in [0.3, 0.4) is 0 Å². The molecule has 3 nitrogen and oxygen atoms in total. The lowest BCUT2D eigenvalue weighted by atomic mass is 10.0. The number of hydrogen-bond donors (Lipinski definition) is 2. The van der Waals surface area contributed by atoms with E-state index in [0.717, 1.165) is 22.6 Å². The van der Waals surface area contributed by atoms with Crippen LogP contribution in [0.2, 0.25) is 0 Å². The van der Waals surface area contributed by atoms with Gasteiger partial charge in [-0.1, -0.05) is 36.5 Å². The number of rotatable bonds is 5. The van der Waals surface area contributed by atoms with Crippen LogP contribution in [0.25, 0.3) is 0 Å². The molecule has 1 atom stereocenters. The summed E-state index contributed by atoms with van der Waals surface area (Å²) in [5.41, 5.74) is 9.98. The second kappa shape index (κ2) is 6.59. The SMILES string of the molecule is COc1ccc(C(C)Nc2c(C)cccc2C(N)=S)cc1. The van der Waals surface area contributed by atoms with Gasteiger partial charge < -0.3 is 15.8 Å². The molecule has 1 unspecified atom stereocenters. The van der Waals surface area contributed by atoms with Gasteiger partial charge in [0, 0.05) is 17.3 Å². The zero-order valence-electron chi connectivity index (χ0n) is 12.5. The third-order valence-corrected chi connectivity index (χ3v) is 3.73. The van der Waals surface area contributed by atoms with Crippen LogP contribution in [0, 0.1) is 6.92 Å². The van der Waals surface area contributed by atoms with Crippen molar-refractivity contribution < 1.29 is 4.74 Å². The summed E-state index contributed by atoms with van der Waals surface area (Å²) in [4.78, 5) is 0.406. The maximum Gasteiger partial charge on any atom is 0.118 e. The summed E-state index contributed by atoms with van der Waals surface area (Å²) in [6.07, 6.45) is 0. The van der Waals surface area contributed by atoms with Crippen LogP contribution < -0.4 is 15.8 Å². The molecule has 0 bridgehead atoms. The van der Waals surface area contributed by atoms with Crippen molar-refractivity contribution in [3.63, 3.8) is 0 Å². The lowest BCUT2D eigenvalue weighted by Gasteiger charge is -2.20. The Kier molecular flexibility index (Phi) is 4.81. The molecule has 0 saturated heterocycles. The number of anilines is 1. The van der Waals surface area contributed by atoms with Gasteiger partial charge in [-0.25, -0.2) is 0 Å². The first-order valence-electron chi connectivity index (χ1n) is 6.83. The van der Waals surface area contributed by atoms with Gasteiger partial charge in [0.1, 0.15) is 10.7 Å². The molecule has 0 fully saturated rings. The number of thiocarbonyl (C=S) groups is 1. The fourth-order valence-corrected chi connectivity index (χ4v) is 2.43. The molecule has 2 aromatic rings. The average Bonchev–Trinajstić information content (AvgIpc) is 2.49. The van der Waals surface area contributed by atoms with Crippen molar-refractivity contribution >= 4 is 22.9 Å². The van der Waals surface area contributed by atoms with Crippen molar-refractivity contribution in [2.24, 2.45) is 5.73 Å². The minimum atomic E-state index is 0.144. The van der Waals surface area contributed by atoms with Crippen molar-refractivity contribution in [2.45, 2.75) is 19.9 Å². The van der Waals surface area contributed by atoms with E-state index in [4.69, 9.17) is 22.7 Å². The number of benzene rings is 2. The summed E-state index contributed by atoms with van der Waals surface area (Å²) in [5, 5.41) is 3.51. The summed E-state index contributed by atoms with van der Waals surface area (Å²) < 4.78 is 5.18. The maximum absolute atomic E-state index is 5.81. The van der Waals surface area contributed by atoms with Crippen LogP contribution in [0.5, 0.6) is 5.75 Å². The summed E-state index contributed by atoms with van der Waals surface area (Å²) in [5.74, 6) is 0.852. The second-order valence-electron chi connectivity index (χ2n) is 5.00. The van der Waals surface area contributed by atoms with Gasteiger partial charge >= 0.3 is 0 Å². The molecular weight excluding hydrogens is 280 g/mol. The predicted molar refractivity (Wildman–Crippen MR) is 92.1 cm³/mol. The van der Waals surface area contributed by atoms with Crippen molar-refractivity contribution in [2.75, 3.05) is 12.4 Å². The third-order valence-electron chi connectivity index (χ3n) is 3.51. The first-order chi connectivity index (χ1) is 10.0. The van der Waals surface area contributed by atoms with E-state index < -0.39 is 0 Å². The Morgan fingerprint density at radius 1 is 1.19 bits per heavy atom. The number of nitrogens with two attached hydrogens (primary N) is 1. The second-order valence-corrected chi connectivity index (χ2v) is 5.44. The van der Waals surface area contributed by atoms with Crippen molar-refractivity contribution in [1.82, 2.24) is 0 Å². The number of methoxy groups -OCH3 is 1. The highest BCUT2D eigenvalue weighted by Gasteiger charge is 2.12. The standard InChI is InChI=1S/C17H20N2OS/c1-11-5-4-6-15(17(18)21)16(11)19-12(2)13-7-9-14(20-3)10-8-13/h4-10,12,19H,1-3H3,(H2,18,21). The molecule has 4 heteroatoms. The average molecular weight is 300 g/mol. The quantitative estimate of drug-likeness (QED) is 0.824. The third kappa shape index (κ3) is 3.52. The van der Waals surface area contributed by atoms with E-state index >= 15 is 0 Å². The van der Waals surface area contributed by atoms with Gasteiger partial charge in [-0.15, -0.1) is 0 Å². The highest BCUT2D eigenvalue weighted by Crippen LogP contribution is 2.26. The summed E-state index contributed by atoms with van der Waals surface area (Å²) in [6, 6.07) is 14.1. The Morgan fingerprint density at radius 3 is 2.43 bits per heavy atom. The van der Waals surface area contributed by atoms with Crippen molar-refractivity contribution in [3.05, 3.63) is 59.2 Å². The van der Waals surface area contributed by atoms with Crippen LogP contribution in [-0.2, 0) is 0 Å². The zero-order chi connectivity index (χ0) is 15.4. The Morgan fingerprint density at radius 2 is 1.86 bits per heavy atom. The van der Waals surface area contributed by atoms with E-state index in [1.165, 1.54) is 5.56 Å². The summed E-state index contributed by atoms with van der Waals surface area (Å²) in [6.45, 7) is 4.16. The van der Waals surface area contributed by atoms with Gasteiger partial charge in [0.05, 0.1) is 7.11 Å². The van der Waals surface area contributed by atoms with Crippen LogP contribution >= 0.6 is 12.2 Å². The number of ether oxygens (including phenoxy) is 1. The van der Waals surface area contributed by atoms with Gasteiger partial charge in [-0.2, -0.15) is 0 Å². The highest BCUT2D eigenvalue weighted by atomic mass is 32.1. The van der Waals surface area contributed by atoms with Gasteiger partial charge in [0.25, 0.3) is 0 Å². The summed E-state index contributed by atoms with van der Waals surface area (Å²) in [7, 11) is 1.67. The molecule has 2 rings (SSSR count). The van der Waals surface area contributed by atoms with Crippen LogP contribution in [0.1, 0.15) is 29.7 Å². The molecular formula is C17H20N2OS. The first-order valence-corrected chi connectivity index (χ1v) is 7.23. The Hall–Kier alpha value is -2.07. The molecule has 0 amide bonds. The largest absolute Gasteiger partial charge is 0.497 e. The topological polar surface area (TPSA) is 47.3 Å². The molecule has 2 aromatic carbocycles. The molecule has 0 aliphatic rings. The van der Waals surface area contributed by atoms with E-state index in [9.17, 15) is 0 Å². The molecule has 0 radical (unpaired) electrons. The number of aryl methyl sites for hydroxylation is 1. The highest BCUT2D eigenvalue weighted by molar-refractivity contribution is 7.80. The van der Waals surface area contributed by atoms with E-state index in [-0.39, 0.29) is 6.04 Å². The molecule has 0 saturated carbocycles. The lowest BCUT2D eigenvalue weighted by molar-refractivity contribution is 0.414. The monoisotopic (exact) mass is 300 g/mol. The minimum Gasteiger partial charge on any atom is -0.497 e. The molecule has 0 aliphatic heterocycles. The molecule has 0 aliphatic carbocycles. The van der Waals surface area contributed by atoms with Crippen molar-refractivity contribution in [1.29, 1.82) is 0 Å². The fourth-order valence-electron chi connectivity index (χ4n) is 2.26. The molecule has 0 heterocycles. The lowest BCUT2D eigenvalue weighted by Crippen LogP contribution is -2.16. The van der Waals surface area contributed by atoms with Gasteiger partial charge in [-0.3, -0.25) is 0 Å². The fraction of sp³-hybridized carbons (Fsp3) is 0.235. The first kappa shape index (κ1) is 15.3. The molecule has 21 heavy (non-hydrogen) atoms. The predicted octanol–water partition coefficient (Wildman–Crippen LogP) is 3.81. The molecule has 0 spiro atoms. The minimum absolute atomic E-state index is 0.144. The van der Waals surface area contributed by atoms with E-state index in [1.807, 2.05) is 37.3 Å². The van der Waals surface area contributed by atoms with E-state index in [2.05, 4.69) is 24.4 Å². The Bertz CT molecular complexity index is 638.